The fourth-order valence-electron chi connectivity index (χ4n) is 3.87. The maximum atomic E-state index is 12.4. The third-order valence-corrected chi connectivity index (χ3v) is 5.78. The molecule has 1 aliphatic rings. The van der Waals surface area contributed by atoms with E-state index in [1.54, 1.807) is 19.9 Å². The van der Waals surface area contributed by atoms with Gasteiger partial charge in [0.25, 0.3) is 0 Å². The molecule has 28 heavy (non-hydrogen) atoms. The van der Waals surface area contributed by atoms with E-state index in [0.717, 1.165) is 12.8 Å². The number of amides is 1. The molecule has 0 radical (unpaired) electrons. The van der Waals surface area contributed by atoms with Crippen molar-refractivity contribution in [2.45, 2.75) is 46.0 Å². The number of aromatic hydroxyl groups is 1. The third-order valence-electron chi connectivity index (χ3n) is 5.78. The molecule has 1 aromatic carbocycles. The summed E-state index contributed by atoms with van der Waals surface area (Å²) in [7, 11) is 0. The van der Waals surface area contributed by atoms with Crippen molar-refractivity contribution in [2.75, 3.05) is 6.54 Å². The van der Waals surface area contributed by atoms with Crippen molar-refractivity contribution in [3.8, 4) is 5.75 Å². The molecule has 7 nitrogen and oxygen atoms in total. The van der Waals surface area contributed by atoms with Gasteiger partial charge in [-0.25, -0.2) is 4.79 Å². The summed E-state index contributed by atoms with van der Waals surface area (Å²) in [4.78, 5) is 35.6. The summed E-state index contributed by atoms with van der Waals surface area (Å²) in [6, 6.07) is 3.21. The highest BCUT2D eigenvalue weighted by molar-refractivity contribution is 5.87. The summed E-state index contributed by atoms with van der Waals surface area (Å²) in [5.74, 6) is -1.37. The van der Waals surface area contributed by atoms with Gasteiger partial charge in [0.1, 0.15) is 11.3 Å². The highest BCUT2D eigenvalue weighted by Gasteiger charge is 2.23. The van der Waals surface area contributed by atoms with Crippen LogP contribution in [-0.2, 0) is 16.0 Å². The zero-order valence-electron chi connectivity index (χ0n) is 16.0. The second kappa shape index (κ2) is 8.04. The van der Waals surface area contributed by atoms with Crippen molar-refractivity contribution in [1.82, 2.24) is 5.32 Å². The van der Waals surface area contributed by atoms with Crippen LogP contribution in [0.15, 0.2) is 21.3 Å². The van der Waals surface area contributed by atoms with Gasteiger partial charge in [0, 0.05) is 23.5 Å². The van der Waals surface area contributed by atoms with E-state index in [4.69, 9.17) is 4.42 Å². The number of phenols is 1. The SMILES string of the molecule is Cc1c(CC(=O)NCC2CCC(C(=O)[O-])CC2)c(=O)oc2c(C)c(O)ccc12. The monoisotopic (exact) mass is 386 g/mol. The molecule has 0 unspecified atom stereocenters. The minimum Gasteiger partial charge on any atom is -0.550 e. The van der Waals surface area contributed by atoms with Crippen LogP contribution < -0.4 is 16.0 Å². The van der Waals surface area contributed by atoms with E-state index in [-0.39, 0.29) is 29.9 Å². The lowest BCUT2D eigenvalue weighted by atomic mass is 9.82. The molecule has 0 bridgehead atoms. The Morgan fingerprint density at radius 3 is 2.50 bits per heavy atom. The van der Waals surface area contributed by atoms with Gasteiger partial charge in [0.05, 0.1) is 12.0 Å². The predicted octanol–water partition coefficient (Wildman–Crippen LogP) is 1.33. The molecule has 1 fully saturated rings. The van der Waals surface area contributed by atoms with Crippen LogP contribution in [0.25, 0.3) is 11.0 Å². The minimum atomic E-state index is -0.996. The number of rotatable bonds is 5. The average Bonchev–Trinajstić information content (AvgIpc) is 2.67. The van der Waals surface area contributed by atoms with Gasteiger partial charge in [-0.05, 0) is 69.1 Å². The van der Waals surface area contributed by atoms with Gasteiger partial charge in [-0.15, -0.1) is 0 Å². The van der Waals surface area contributed by atoms with Crippen LogP contribution in [0.1, 0.15) is 42.4 Å². The summed E-state index contributed by atoms with van der Waals surface area (Å²) in [5.41, 5.74) is 1.20. The Morgan fingerprint density at radius 1 is 1.18 bits per heavy atom. The van der Waals surface area contributed by atoms with Crippen LogP contribution >= 0.6 is 0 Å². The zero-order valence-corrected chi connectivity index (χ0v) is 16.0. The number of aliphatic carboxylic acids is 1. The Labute approximate surface area is 162 Å². The van der Waals surface area contributed by atoms with Crippen LogP contribution in [-0.4, -0.2) is 23.5 Å². The number of carbonyl (C=O) groups is 2. The number of benzene rings is 1. The number of fused-ring (bicyclic) bond motifs is 1. The van der Waals surface area contributed by atoms with Gasteiger partial charge in [0.15, 0.2) is 0 Å². The molecular formula is C21H24NO6-. The summed E-state index contributed by atoms with van der Waals surface area (Å²) < 4.78 is 5.36. The van der Waals surface area contributed by atoms with Gasteiger partial charge < -0.3 is 24.7 Å². The number of hydrogen-bond donors (Lipinski definition) is 2. The van der Waals surface area contributed by atoms with Crippen molar-refractivity contribution >= 4 is 22.8 Å². The normalized spacial score (nSPS) is 19.5. The summed E-state index contributed by atoms with van der Waals surface area (Å²) in [5, 5.41) is 24.2. The second-order valence-corrected chi connectivity index (χ2v) is 7.60. The molecule has 0 atom stereocenters. The van der Waals surface area contributed by atoms with E-state index in [2.05, 4.69) is 5.32 Å². The molecule has 0 saturated heterocycles. The standard InChI is InChI=1S/C21H25NO6/c1-11-15-7-8-17(23)12(2)19(15)28-21(27)16(11)9-18(24)22-10-13-3-5-14(6-4-13)20(25)26/h7-8,13-14,23H,3-6,9-10H2,1-2H3,(H,22,24)(H,25,26)/p-1. The quantitative estimate of drug-likeness (QED) is 0.748. The number of carboxylic acid groups (broad SMARTS) is 1. The number of aryl methyl sites for hydroxylation is 2. The molecule has 150 valence electrons. The molecular weight excluding hydrogens is 362 g/mol. The zero-order chi connectivity index (χ0) is 20.4. The van der Waals surface area contributed by atoms with Crippen LogP contribution in [0, 0.1) is 25.7 Å². The molecule has 1 saturated carbocycles. The lowest BCUT2D eigenvalue weighted by molar-refractivity contribution is -0.312. The fraction of sp³-hybridized carbons (Fsp3) is 0.476. The molecule has 0 aliphatic heterocycles. The van der Waals surface area contributed by atoms with E-state index in [0.29, 0.717) is 47.0 Å². The maximum Gasteiger partial charge on any atom is 0.340 e. The summed E-state index contributed by atoms with van der Waals surface area (Å²) in [6.45, 7) is 3.89. The fourth-order valence-corrected chi connectivity index (χ4v) is 3.87. The topological polar surface area (TPSA) is 120 Å². The third kappa shape index (κ3) is 4.03. The highest BCUT2D eigenvalue weighted by atomic mass is 16.4. The van der Waals surface area contributed by atoms with E-state index in [9.17, 15) is 24.6 Å². The van der Waals surface area contributed by atoms with Crippen molar-refractivity contribution < 1.29 is 24.2 Å². The molecule has 1 aliphatic carbocycles. The number of carbonyl (C=O) groups excluding carboxylic acids is 2. The van der Waals surface area contributed by atoms with Gasteiger partial charge in [-0.2, -0.15) is 0 Å². The molecule has 1 aromatic heterocycles. The molecule has 3 rings (SSSR count). The Bertz CT molecular complexity index is 969. The van der Waals surface area contributed by atoms with Crippen LogP contribution in [0.3, 0.4) is 0 Å². The van der Waals surface area contributed by atoms with Crippen molar-refractivity contribution in [3.05, 3.63) is 39.2 Å². The second-order valence-electron chi connectivity index (χ2n) is 7.60. The largest absolute Gasteiger partial charge is 0.550 e. The molecule has 1 heterocycles. The smallest absolute Gasteiger partial charge is 0.340 e. The number of nitrogens with one attached hydrogen (secondary N) is 1. The first-order valence-electron chi connectivity index (χ1n) is 9.50. The molecule has 2 N–H and O–H groups in total. The molecule has 2 aromatic rings. The van der Waals surface area contributed by atoms with E-state index < -0.39 is 11.6 Å². The Kier molecular flexibility index (Phi) is 5.72. The van der Waals surface area contributed by atoms with Crippen LogP contribution in [0.2, 0.25) is 0 Å². The Morgan fingerprint density at radius 2 is 1.86 bits per heavy atom. The van der Waals surface area contributed by atoms with Crippen molar-refractivity contribution in [2.24, 2.45) is 11.8 Å². The first-order valence-corrected chi connectivity index (χ1v) is 9.50. The molecule has 1 amide bonds. The van der Waals surface area contributed by atoms with E-state index in [1.807, 2.05) is 0 Å². The Hall–Kier alpha value is -2.83. The van der Waals surface area contributed by atoms with Crippen molar-refractivity contribution in [1.29, 1.82) is 0 Å². The van der Waals surface area contributed by atoms with Crippen LogP contribution in [0.5, 0.6) is 5.75 Å². The highest BCUT2D eigenvalue weighted by Crippen LogP contribution is 2.29. The van der Waals surface area contributed by atoms with Crippen molar-refractivity contribution in [3.63, 3.8) is 0 Å². The average molecular weight is 386 g/mol. The van der Waals surface area contributed by atoms with Gasteiger partial charge in [-0.1, -0.05) is 0 Å². The molecule has 0 spiro atoms. The van der Waals surface area contributed by atoms with E-state index >= 15 is 0 Å². The lowest BCUT2D eigenvalue weighted by Gasteiger charge is -2.29. The first-order chi connectivity index (χ1) is 13.3. The predicted molar refractivity (Wildman–Crippen MR) is 101 cm³/mol. The Balaban J connectivity index is 1.66. The van der Waals surface area contributed by atoms with Gasteiger partial charge in [-0.3, -0.25) is 4.79 Å². The maximum absolute atomic E-state index is 12.4. The molecule has 7 heteroatoms. The summed E-state index contributed by atoms with van der Waals surface area (Å²) in [6.07, 6.45) is 2.53. The summed E-state index contributed by atoms with van der Waals surface area (Å²) >= 11 is 0. The van der Waals surface area contributed by atoms with E-state index in [1.165, 1.54) is 6.07 Å². The number of hydrogen-bond acceptors (Lipinski definition) is 6. The number of carboxylic acids is 1. The van der Waals surface area contributed by atoms with Crippen LogP contribution in [0.4, 0.5) is 0 Å². The number of phenolic OH excluding ortho intramolecular Hbond substituents is 1. The minimum absolute atomic E-state index is 0.0499. The first kappa shape index (κ1) is 19.9. The lowest BCUT2D eigenvalue weighted by Crippen LogP contribution is -2.37. The van der Waals surface area contributed by atoms with Gasteiger partial charge >= 0.3 is 5.63 Å². The van der Waals surface area contributed by atoms with Gasteiger partial charge in [0.2, 0.25) is 5.91 Å².